The normalized spacial score (nSPS) is 14.0. The molecule has 1 amide bonds. The number of hydrogen-bond donors (Lipinski definition) is 2. The van der Waals surface area contributed by atoms with Crippen molar-refractivity contribution in [3.63, 3.8) is 0 Å². The molecule has 1 aliphatic rings. The van der Waals surface area contributed by atoms with Gasteiger partial charge in [0.25, 0.3) is 0 Å². The van der Waals surface area contributed by atoms with Crippen LogP contribution in [0.15, 0.2) is 54.6 Å². The average Bonchev–Trinajstić information content (AvgIpc) is 3.02. The van der Waals surface area contributed by atoms with Gasteiger partial charge < -0.3 is 15.3 Å². The van der Waals surface area contributed by atoms with E-state index < -0.39 is 11.9 Å². The number of anilines is 1. The summed E-state index contributed by atoms with van der Waals surface area (Å²) < 4.78 is 0. The van der Waals surface area contributed by atoms with Crippen molar-refractivity contribution in [2.75, 3.05) is 24.5 Å². The molecule has 1 atom stereocenters. The van der Waals surface area contributed by atoms with E-state index in [-0.39, 0.29) is 19.0 Å². The summed E-state index contributed by atoms with van der Waals surface area (Å²) in [4.78, 5) is 25.7. The third-order valence-electron chi connectivity index (χ3n) is 4.54. The topological polar surface area (TPSA) is 69.6 Å². The van der Waals surface area contributed by atoms with Crippen LogP contribution in [0.25, 0.3) is 0 Å². The smallest absolute Gasteiger partial charge is 0.308 e. The van der Waals surface area contributed by atoms with E-state index in [1.54, 1.807) is 0 Å². The lowest BCUT2D eigenvalue weighted by Gasteiger charge is -2.20. The maximum Gasteiger partial charge on any atom is 0.308 e. The predicted octanol–water partition coefficient (Wildman–Crippen LogP) is 2.11. The van der Waals surface area contributed by atoms with Crippen LogP contribution in [0.3, 0.4) is 0 Å². The van der Waals surface area contributed by atoms with E-state index in [9.17, 15) is 14.7 Å². The van der Waals surface area contributed by atoms with Crippen molar-refractivity contribution in [2.45, 2.75) is 12.8 Å². The zero-order valence-corrected chi connectivity index (χ0v) is 14.0. The Morgan fingerprint density at radius 3 is 2.56 bits per heavy atom. The zero-order chi connectivity index (χ0) is 17.6. The molecule has 5 heteroatoms. The fourth-order valence-corrected chi connectivity index (χ4v) is 3.18. The van der Waals surface area contributed by atoms with E-state index in [1.165, 1.54) is 5.56 Å². The minimum Gasteiger partial charge on any atom is -0.481 e. The summed E-state index contributed by atoms with van der Waals surface area (Å²) in [7, 11) is 0. The minimum atomic E-state index is -0.893. The standard InChI is InChI=1S/C20H22N2O3/c23-19(14-22-11-10-16-8-4-5-9-18(16)22)21-13-17(20(24)25)12-15-6-2-1-3-7-15/h1-9,17H,10-14H2,(H,21,23)(H,24,25). The third-order valence-corrected chi connectivity index (χ3v) is 4.54. The number of carbonyl (C=O) groups excluding carboxylic acids is 1. The van der Waals surface area contributed by atoms with Crippen LogP contribution in [0, 0.1) is 5.92 Å². The fraction of sp³-hybridized carbons (Fsp3) is 0.300. The van der Waals surface area contributed by atoms with E-state index in [0.717, 1.165) is 24.2 Å². The van der Waals surface area contributed by atoms with Gasteiger partial charge in [0.05, 0.1) is 12.5 Å². The summed E-state index contributed by atoms with van der Waals surface area (Å²) in [6.45, 7) is 1.21. The van der Waals surface area contributed by atoms with Gasteiger partial charge in [-0.05, 0) is 30.0 Å². The molecular weight excluding hydrogens is 316 g/mol. The van der Waals surface area contributed by atoms with E-state index in [2.05, 4.69) is 11.4 Å². The average molecular weight is 338 g/mol. The first-order chi connectivity index (χ1) is 12.1. The highest BCUT2D eigenvalue weighted by molar-refractivity contribution is 5.83. The monoisotopic (exact) mass is 338 g/mol. The summed E-state index contributed by atoms with van der Waals surface area (Å²) in [5, 5.41) is 12.2. The van der Waals surface area contributed by atoms with E-state index in [0.29, 0.717) is 6.42 Å². The number of benzene rings is 2. The van der Waals surface area contributed by atoms with E-state index >= 15 is 0 Å². The SMILES string of the molecule is O=C(CN1CCc2ccccc21)NCC(Cc1ccccc1)C(=O)O. The van der Waals surface area contributed by atoms with Crippen LogP contribution < -0.4 is 10.2 Å². The van der Waals surface area contributed by atoms with Crippen molar-refractivity contribution in [3.8, 4) is 0 Å². The quantitative estimate of drug-likeness (QED) is 0.811. The molecule has 2 aromatic carbocycles. The first-order valence-electron chi connectivity index (χ1n) is 8.50. The Labute approximate surface area is 147 Å². The molecule has 0 spiro atoms. The van der Waals surface area contributed by atoms with Gasteiger partial charge in [-0.15, -0.1) is 0 Å². The van der Waals surface area contributed by atoms with Gasteiger partial charge in [0, 0.05) is 18.8 Å². The molecule has 0 saturated carbocycles. The zero-order valence-electron chi connectivity index (χ0n) is 14.0. The van der Waals surface area contributed by atoms with E-state index in [1.807, 2.05) is 53.4 Å². The lowest BCUT2D eigenvalue weighted by molar-refractivity contribution is -0.141. The van der Waals surface area contributed by atoms with Crippen molar-refractivity contribution in [1.29, 1.82) is 0 Å². The molecule has 1 aliphatic heterocycles. The van der Waals surface area contributed by atoms with Crippen molar-refractivity contribution >= 4 is 17.6 Å². The number of amides is 1. The van der Waals surface area contributed by atoms with Crippen LogP contribution in [-0.4, -0.2) is 36.6 Å². The number of carboxylic acids is 1. The maximum atomic E-state index is 12.2. The maximum absolute atomic E-state index is 12.2. The summed E-state index contributed by atoms with van der Waals surface area (Å²) in [5.41, 5.74) is 3.30. The van der Waals surface area contributed by atoms with Crippen molar-refractivity contribution < 1.29 is 14.7 Å². The van der Waals surface area contributed by atoms with Gasteiger partial charge in [0.1, 0.15) is 0 Å². The van der Waals surface area contributed by atoms with Crippen LogP contribution in [0.2, 0.25) is 0 Å². The fourth-order valence-electron chi connectivity index (χ4n) is 3.18. The molecule has 2 aromatic rings. The van der Waals surface area contributed by atoms with Crippen LogP contribution in [0.5, 0.6) is 0 Å². The highest BCUT2D eigenvalue weighted by atomic mass is 16.4. The lowest BCUT2D eigenvalue weighted by atomic mass is 9.99. The first kappa shape index (κ1) is 17.0. The Morgan fingerprint density at radius 1 is 1.08 bits per heavy atom. The number of fused-ring (bicyclic) bond motifs is 1. The molecule has 1 unspecified atom stereocenters. The second-order valence-corrected chi connectivity index (χ2v) is 6.33. The Kier molecular flexibility index (Phi) is 5.33. The number of carbonyl (C=O) groups is 2. The van der Waals surface area contributed by atoms with Crippen molar-refractivity contribution in [3.05, 3.63) is 65.7 Å². The lowest BCUT2D eigenvalue weighted by Crippen LogP contribution is -2.40. The number of para-hydroxylation sites is 1. The molecule has 0 aromatic heterocycles. The second kappa shape index (κ2) is 7.83. The molecule has 0 aliphatic carbocycles. The second-order valence-electron chi connectivity index (χ2n) is 6.33. The van der Waals surface area contributed by atoms with E-state index in [4.69, 9.17) is 0 Å². The van der Waals surface area contributed by atoms with Gasteiger partial charge >= 0.3 is 5.97 Å². The first-order valence-corrected chi connectivity index (χ1v) is 8.50. The third kappa shape index (κ3) is 4.38. The molecule has 0 fully saturated rings. The van der Waals surface area contributed by atoms with Crippen LogP contribution in [-0.2, 0) is 22.4 Å². The number of hydrogen-bond acceptors (Lipinski definition) is 3. The molecular formula is C20H22N2O3. The number of aliphatic carboxylic acids is 1. The van der Waals surface area contributed by atoms with Crippen molar-refractivity contribution in [2.24, 2.45) is 5.92 Å². The van der Waals surface area contributed by atoms with Gasteiger partial charge in [-0.2, -0.15) is 0 Å². The summed E-state index contributed by atoms with van der Waals surface area (Å²) in [6.07, 6.45) is 1.35. The number of nitrogens with zero attached hydrogens (tertiary/aromatic N) is 1. The van der Waals surface area contributed by atoms with Gasteiger partial charge in [-0.1, -0.05) is 48.5 Å². The molecule has 0 radical (unpaired) electrons. The Morgan fingerprint density at radius 2 is 1.80 bits per heavy atom. The Bertz CT molecular complexity index is 746. The molecule has 1 heterocycles. The van der Waals surface area contributed by atoms with Gasteiger partial charge in [0.15, 0.2) is 0 Å². The predicted molar refractivity (Wildman–Crippen MR) is 96.6 cm³/mol. The molecule has 25 heavy (non-hydrogen) atoms. The highest BCUT2D eigenvalue weighted by Gasteiger charge is 2.22. The summed E-state index contributed by atoms with van der Waals surface area (Å²) >= 11 is 0. The number of rotatable bonds is 7. The van der Waals surface area contributed by atoms with Crippen LogP contribution in [0.4, 0.5) is 5.69 Å². The van der Waals surface area contributed by atoms with Gasteiger partial charge in [-0.25, -0.2) is 0 Å². The van der Waals surface area contributed by atoms with Crippen LogP contribution >= 0.6 is 0 Å². The summed E-state index contributed by atoms with van der Waals surface area (Å²) in [5.74, 6) is -1.66. The number of nitrogens with one attached hydrogen (secondary N) is 1. The molecule has 3 rings (SSSR count). The Balaban J connectivity index is 1.53. The van der Waals surface area contributed by atoms with Crippen LogP contribution in [0.1, 0.15) is 11.1 Å². The molecule has 0 saturated heterocycles. The Hall–Kier alpha value is -2.82. The highest BCUT2D eigenvalue weighted by Crippen LogP contribution is 2.26. The largest absolute Gasteiger partial charge is 0.481 e. The number of carboxylic acid groups (broad SMARTS) is 1. The van der Waals surface area contributed by atoms with Crippen molar-refractivity contribution in [1.82, 2.24) is 5.32 Å². The summed E-state index contributed by atoms with van der Waals surface area (Å²) in [6, 6.07) is 17.5. The minimum absolute atomic E-state index is 0.137. The van der Waals surface area contributed by atoms with Gasteiger partial charge in [0.2, 0.25) is 5.91 Å². The molecule has 130 valence electrons. The molecule has 0 bridgehead atoms. The molecule has 2 N–H and O–H groups in total. The van der Waals surface area contributed by atoms with Gasteiger partial charge in [-0.3, -0.25) is 9.59 Å². The molecule has 5 nitrogen and oxygen atoms in total.